The standard InChI is InChI=1S/C18H31N3O4S.C17H28N2O4S/c1-17(2,3)14-11-15(21(6)20-14)19-16(22)18(4,5)26(23,24)12-13-9-7-8-10-25-13;1-16(2,3)13-11-14(23-19-13)18-15(20)17(4,5)24(21,22)12-9-7-6-8-10-12/h11,13H,7-10,12H2,1-6H3,(H,19,22);11-12H,6-10H2,1-5H3,(H,18,20). The Morgan fingerprint density at radius 1 is 0.780 bits per heavy atom. The second kappa shape index (κ2) is 15.4. The van der Waals surface area contributed by atoms with E-state index in [4.69, 9.17) is 9.26 Å². The summed E-state index contributed by atoms with van der Waals surface area (Å²) in [5.74, 6) is -0.609. The number of aryl methyl sites for hydroxylation is 1. The van der Waals surface area contributed by atoms with E-state index in [1.165, 1.54) is 27.7 Å². The zero-order valence-electron chi connectivity index (χ0n) is 31.8. The lowest BCUT2D eigenvalue weighted by Gasteiger charge is -2.30. The molecule has 1 saturated heterocycles. The van der Waals surface area contributed by atoms with E-state index >= 15 is 0 Å². The van der Waals surface area contributed by atoms with E-state index in [9.17, 15) is 26.4 Å². The lowest BCUT2D eigenvalue weighted by molar-refractivity contribution is -0.118. The molecule has 1 unspecified atom stereocenters. The molecular formula is C35H59N5O8S2. The number of nitrogens with one attached hydrogen (secondary N) is 2. The van der Waals surface area contributed by atoms with Crippen LogP contribution in [0.2, 0.25) is 0 Å². The van der Waals surface area contributed by atoms with Crippen molar-refractivity contribution in [2.24, 2.45) is 7.05 Å². The predicted octanol–water partition coefficient (Wildman–Crippen LogP) is 5.86. The number of hydrogen-bond donors (Lipinski definition) is 2. The number of amides is 2. The lowest BCUT2D eigenvalue weighted by atomic mass is 9.92. The number of carbonyl (C=O) groups is 2. The van der Waals surface area contributed by atoms with E-state index < -0.39 is 46.2 Å². The summed E-state index contributed by atoms with van der Waals surface area (Å²) < 4.78 is 60.6. The molecule has 2 N–H and O–H groups in total. The van der Waals surface area contributed by atoms with Crippen molar-refractivity contribution < 1.29 is 35.7 Å². The summed E-state index contributed by atoms with van der Waals surface area (Å²) in [6.45, 7) is 18.4. The summed E-state index contributed by atoms with van der Waals surface area (Å²) in [5, 5.41) is 13.2. The van der Waals surface area contributed by atoms with Crippen LogP contribution in [0.5, 0.6) is 0 Å². The Morgan fingerprint density at radius 2 is 1.34 bits per heavy atom. The maximum absolute atomic E-state index is 12.9. The molecule has 1 saturated carbocycles. The predicted molar refractivity (Wildman–Crippen MR) is 196 cm³/mol. The van der Waals surface area contributed by atoms with Crippen molar-refractivity contribution in [2.75, 3.05) is 23.0 Å². The van der Waals surface area contributed by atoms with E-state index in [1.54, 1.807) is 23.9 Å². The van der Waals surface area contributed by atoms with E-state index in [0.29, 0.717) is 37.4 Å². The van der Waals surface area contributed by atoms with Gasteiger partial charge in [-0.05, 0) is 59.8 Å². The van der Waals surface area contributed by atoms with Crippen LogP contribution < -0.4 is 10.6 Å². The summed E-state index contributed by atoms with van der Waals surface area (Å²) in [4.78, 5) is 25.4. The molecule has 0 bridgehead atoms. The van der Waals surface area contributed by atoms with Crippen molar-refractivity contribution in [3.63, 3.8) is 0 Å². The van der Waals surface area contributed by atoms with Crippen LogP contribution in [0.15, 0.2) is 16.7 Å². The van der Waals surface area contributed by atoms with Crippen LogP contribution >= 0.6 is 0 Å². The fraction of sp³-hybridized carbons (Fsp3) is 0.771. The summed E-state index contributed by atoms with van der Waals surface area (Å²) >= 11 is 0. The molecule has 50 heavy (non-hydrogen) atoms. The van der Waals surface area contributed by atoms with Gasteiger partial charge in [-0.1, -0.05) is 66.0 Å². The maximum Gasteiger partial charge on any atom is 0.247 e. The molecule has 1 aliphatic heterocycles. The third-order valence-corrected chi connectivity index (χ3v) is 15.2. The Kier molecular flexibility index (Phi) is 12.9. The number of anilines is 2. The van der Waals surface area contributed by atoms with Gasteiger partial charge < -0.3 is 14.6 Å². The number of rotatable bonds is 9. The highest BCUT2D eigenvalue weighted by Gasteiger charge is 2.47. The molecule has 2 aromatic heterocycles. The van der Waals surface area contributed by atoms with Gasteiger partial charge in [0.2, 0.25) is 17.7 Å². The number of hydrogen-bond acceptors (Lipinski definition) is 10. The highest BCUT2D eigenvalue weighted by atomic mass is 32.2. The van der Waals surface area contributed by atoms with Crippen LogP contribution in [0, 0.1) is 0 Å². The quantitative estimate of drug-likeness (QED) is 0.316. The summed E-state index contributed by atoms with van der Waals surface area (Å²) in [6.07, 6.45) is 6.43. The van der Waals surface area contributed by atoms with Crippen LogP contribution in [-0.2, 0) is 51.9 Å². The smallest absolute Gasteiger partial charge is 0.247 e. The van der Waals surface area contributed by atoms with Crippen LogP contribution in [-0.4, -0.2) is 76.8 Å². The molecule has 2 aromatic rings. The monoisotopic (exact) mass is 741 g/mol. The lowest BCUT2D eigenvalue weighted by Crippen LogP contribution is -2.49. The fourth-order valence-electron chi connectivity index (χ4n) is 5.62. The van der Waals surface area contributed by atoms with Gasteiger partial charge in [0, 0.05) is 36.6 Å². The first kappa shape index (κ1) is 41.6. The number of ether oxygens (including phenoxy) is 1. The van der Waals surface area contributed by atoms with E-state index in [-0.39, 0.29) is 28.6 Å². The molecule has 13 nitrogen and oxygen atoms in total. The largest absolute Gasteiger partial charge is 0.377 e. The van der Waals surface area contributed by atoms with Crippen molar-refractivity contribution in [3.8, 4) is 0 Å². The van der Waals surface area contributed by atoms with Crippen LogP contribution in [0.4, 0.5) is 11.7 Å². The van der Waals surface area contributed by atoms with Gasteiger partial charge in [0.25, 0.3) is 0 Å². The highest BCUT2D eigenvalue weighted by molar-refractivity contribution is 7.94. The van der Waals surface area contributed by atoms with Crippen molar-refractivity contribution in [1.29, 1.82) is 0 Å². The van der Waals surface area contributed by atoms with Crippen LogP contribution in [0.1, 0.15) is 132 Å². The molecule has 2 fully saturated rings. The average Bonchev–Trinajstić information content (AvgIpc) is 3.65. The number of aromatic nitrogens is 3. The average molecular weight is 742 g/mol. The maximum atomic E-state index is 12.9. The SMILES string of the molecule is CC(C)(C)c1cc(NC(=O)C(C)(C)S(=O)(=O)C2CCCCC2)on1.Cn1nc(C(C)(C)C)cc1NC(=O)C(C)(C)S(=O)(=O)CC1CCCCO1. The normalized spacial score (nSPS) is 18.6. The zero-order chi connectivity index (χ0) is 37.9. The minimum absolute atomic E-state index is 0.133. The van der Waals surface area contributed by atoms with Crippen molar-refractivity contribution in [1.82, 2.24) is 14.9 Å². The minimum Gasteiger partial charge on any atom is -0.377 e. The Balaban J connectivity index is 0.000000271. The third-order valence-electron chi connectivity index (χ3n) is 9.66. The van der Waals surface area contributed by atoms with Crippen molar-refractivity contribution in [2.45, 2.75) is 152 Å². The van der Waals surface area contributed by atoms with Gasteiger partial charge in [0.15, 0.2) is 19.7 Å². The molecule has 0 aromatic carbocycles. The molecule has 0 radical (unpaired) electrons. The van der Waals surface area contributed by atoms with Gasteiger partial charge in [0.1, 0.15) is 15.3 Å². The zero-order valence-corrected chi connectivity index (χ0v) is 33.4. The fourth-order valence-corrected chi connectivity index (χ4v) is 9.22. The number of carbonyl (C=O) groups excluding carboxylic acids is 2. The molecule has 1 aliphatic carbocycles. The molecule has 2 amide bonds. The first-order valence-electron chi connectivity index (χ1n) is 17.5. The second-order valence-electron chi connectivity index (χ2n) is 16.6. The molecule has 284 valence electrons. The first-order chi connectivity index (χ1) is 22.8. The topological polar surface area (TPSA) is 180 Å². The van der Waals surface area contributed by atoms with Gasteiger partial charge in [0.05, 0.1) is 28.5 Å². The van der Waals surface area contributed by atoms with Gasteiger partial charge in [-0.3, -0.25) is 19.6 Å². The van der Waals surface area contributed by atoms with Crippen LogP contribution in [0.3, 0.4) is 0 Å². The Morgan fingerprint density at radius 3 is 1.84 bits per heavy atom. The number of sulfone groups is 2. The molecule has 15 heteroatoms. The van der Waals surface area contributed by atoms with Gasteiger partial charge >= 0.3 is 0 Å². The molecule has 1 atom stereocenters. The third kappa shape index (κ3) is 9.75. The Hall–Kier alpha value is -2.78. The summed E-state index contributed by atoms with van der Waals surface area (Å²) in [5.41, 5.74) is 1.15. The Labute approximate surface area is 298 Å². The van der Waals surface area contributed by atoms with Crippen molar-refractivity contribution in [3.05, 3.63) is 23.5 Å². The second-order valence-corrected chi connectivity index (χ2v) is 22.0. The van der Waals surface area contributed by atoms with Gasteiger partial charge in [-0.15, -0.1) is 0 Å². The Bertz CT molecular complexity index is 1700. The van der Waals surface area contributed by atoms with E-state index in [1.807, 2.05) is 41.5 Å². The van der Waals surface area contributed by atoms with Crippen molar-refractivity contribution >= 4 is 43.2 Å². The minimum atomic E-state index is -3.68. The first-order valence-corrected chi connectivity index (χ1v) is 20.7. The molecule has 2 aliphatic rings. The molecule has 0 spiro atoms. The highest BCUT2D eigenvalue weighted by Crippen LogP contribution is 2.33. The molecule has 3 heterocycles. The molecule has 4 rings (SSSR count). The van der Waals surface area contributed by atoms with Crippen LogP contribution in [0.25, 0.3) is 0 Å². The van der Waals surface area contributed by atoms with Gasteiger partial charge in [-0.25, -0.2) is 16.8 Å². The van der Waals surface area contributed by atoms with E-state index in [0.717, 1.165) is 37.8 Å². The molecular weight excluding hydrogens is 683 g/mol. The van der Waals surface area contributed by atoms with Gasteiger partial charge in [-0.2, -0.15) is 5.10 Å². The van der Waals surface area contributed by atoms with E-state index in [2.05, 4.69) is 20.9 Å². The number of nitrogens with zero attached hydrogens (tertiary/aromatic N) is 3. The summed E-state index contributed by atoms with van der Waals surface area (Å²) in [6, 6.07) is 3.42. The summed E-state index contributed by atoms with van der Waals surface area (Å²) in [7, 11) is -5.53.